The zero-order chi connectivity index (χ0) is 32.1. The van der Waals surface area contributed by atoms with Crippen molar-refractivity contribution in [1.82, 2.24) is 19.9 Å². The lowest BCUT2D eigenvalue weighted by atomic mass is 10.1. The number of fused-ring (bicyclic) bond motifs is 1. The van der Waals surface area contributed by atoms with E-state index in [1.54, 1.807) is 6.07 Å². The van der Waals surface area contributed by atoms with E-state index >= 15 is 0 Å². The van der Waals surface area contributed by atoms with E-state index < -0.39 is 15.9 Å². The summed E-state index contributed by atoms with van der Waals surface area (Å²) in [6, 6.07) is 20.3. The molecule has 3 aromatic carbocycles. The maximum Gasteiger partial charge on any atom is 0.169 e. The molecule has 1 saturated heterocycles. The number of aromatic nitrogens is 3. The number of sulfone groups is 1. The molecule has 3 heterocycles. The van der Waals surface area contributed by atoms with Crippen molar-refractivity contribution in [1.29, 1.82) is 0 Å². The lowest BCUT2D eigenvalue weighted by molar-refractivity contribution is -0.104. The Bertz CT molecular complexity index is 1950. The van der Waals surface area contributed by atoms with E-state index in [4.69, 9.17) is 5.41 Å². The van der Waals surface area contributed by atoms with Crippen LogP contribution in [0.2, 0.25) is 0 Å². The van der Waals surface area contributed by atoms with Crippen molar-refractivity contribution in [2.24, 2.45) is 0 Å². The number of aliphatic hydroxyl groups is 1. The van der Waals surface area contributed by atoms with Gasteiger partial charge in [-0.25, -0.2) is 22.8 Å². The minimum absolute atomic E-state index is 0.113. The Balaban J connectivity index is 1.12. The highest BCUT2D eigenvalue weighted by molar-refractivity contribution is 7.91. The zero-order valence-electron chi connectivity index (χ0n) is 25.2. The number of benzene rings is 3. The van der Waals surface area contributed by atoms with Crippen LogP contribution in [0.15, 0.2) is 85.5 Å². The first-order chi connectivity index (χ1) is 22.2. The second kappa shape index (κ2) is 13.8. The first-order valence-electron chi connectivity index (χ1n) is 15.2. The molecule has 1 atom stereocenters. The van der Waals surface area contributed by atoms with Crippen molar-refractivity contribution in [2.45, 2.75) is 38.1 Å². The number of anilines is 3. The van der Waals surface area contributed by atoms with Crippen LogP contribution in [0.4, 0.5) is 21.6 Å². The molecule has 1 fully saturated rings. The van der Waals surface area contributed by atoms with Gasteiger partial charge in [0.05, 0.1) is 28.7 Å². The first-order valence-corrected chi connectivity index (χ1v) is 17.0. The molecule has 1 aliphatic rings. The summed E-state index contributed by atoms with van der Waals surface area (Å²) in [5.41, 5.74) is 5.98. The summed E-state index contributed by atoms with van der Waals surface area (Å²) in [5, 5.41) is 27.5. The molecule has 0 radical (unpaired) electrons. The summed E-state index contributed by atoms with van der Waals surface area (Å²) >= 11 is 0. The third-order valence-electron chi connectivity index (χ3n) is 8.20. The van der Waals surface area contributed by atoms with E-state index in [2.05, 4.69) is 25.9 Å². The van der Waals surface area contributed by atoms with Gasteiger partial charge in [-0.2, -0.15) is 0 Å². The second-order valence-corrected chi connectivity index (χ2v) is 13.9. The summed E-state index contributed by atoms with van der Waals surface area (Å²) in [6.45, 7) is 1.26. The van der Waals surface area contributed by atoms with Gasteiger partial charge in [-0.05, 0) is 78.1 Å². The Labute approximate surface area is 267 Å². The molecule has 0 spiro atoms. The van der Waals surface area contributed by atoms with Crippen LogP contribution in [0, 0.1) is 5.82 Å². The molecule has 0 saturated carbocycles. The van der Waals surface area contributed by atoms with Gasteiger partial charge in [0.1, 0.15) is 27.8 Å². The van der Waals surface area contributed by atoms with Crippen LogP contribution in [0.25, 0.3) is 22.0 Å². The van der Waals surface area contributed by atoms with Gasteiger partial charge in [0.15, 0.2) is 6.21 Å². The van der Waals surface area contributed by atoms with Gasteiger partial charge >= 0.3 is 0 Å². The van der Waals surface area contributed by atoms with Crippen LogP contribution in [-0.2, 0) is 22.9 Å². The van der Waals surface area contributed by atoms with Crippen molar-refractivity contribution in [3.8, 4) is 11.1 Å². The van der Waals surface area contributed by atoms with E-state index in [1.165, 1.54) is 24.7 Å². The summed E-state index contributed by atoms with van der Waals surface area (Å²) < 4.78 is 38.9. The number of aliphatic hydroxyl groups excluding tert-OH is 1. The Morgan fingerprint density at radius 2 is 1.89 bits per heavy atom. The number of hydrogen-bond donors (Lipinski definition) is 5. The van der Waals surface area contributed by atoms with Crippen LogP contribution >= 0.6 is 0 Å². The van der Waals surface area contributed by atoms with Gasteiger partial charge in [-0.3, -0.25) is 5.41 Å². The molecule has 1 aliphatic heterocycles. The van der Waals surface area contributed by atoms with Gasteiger partial charge in [-0.1, -0.05) is 18.2 Å². The molecule has 5 aromatic rings. The SMILES string of the molecule is [NH2+]=Cc1cc(Nc2ncnc3ccc(-c4ccn(CC(O)CNC5CCS(=O)(=O)CC5)c4)cc23)ccc1NCc1cccc(F)c1. The fourth-order valence-electron chi connectivity index (χ4n) is 5.69. The molecule has 12 heteroatoms. The van der Waals surface area contributed by atoms with Gasteiger partial charge in [0.25, 0.3) is 0 Å². The van der Waals surface area contributed by atoms with Crippen molar-refractivity contribution in [3.05, 3.63) is 102 Å². The first kappa shape index (κ1) is 31.3. The van der Waals surface area contributed by atoms with Crippen LogP contribution in [-0.4, -0.2) is 64.5 Å². The predicted octanol–water partition coefficient (Wildman–Crippen LogP) is 3.30. The van der Waals surface area contributed by atoms with E-state index in [-0.39, 0.29) is 23.4 Å². The Hall–Kier alpha value is -4.65. The largest absolute Gasteiger partial charge is 0.390 e. The monoisotopic (exact) mass is 642 g/mol. The third-order valence-corrected chi connectivity index (χ3v) is 9.92. The lowest BCUT2D eigenvalue weighted by Gasteiger charge is -2.24. The quantitative estimate of drug-likeness (QED) is 0.130. The number of halogens is 1. The van der Waals surface area contributed by atoms with Crippen LogP contribution in [0.3, 0.4) is 0 Å². The van der Waals surface area contributed by atoms with Crippen LogP contribution < -0.4 is 21.4 Å². The number of nitrogens with one attached hydrogen (secondary N) is 3. The van der Waals surface area contributed by atoms with Gasteiger partial charge in [0.2, 0.25) is 0 Å². The molecule has 1 unspecified atom stereocenters. The molecule has 0 amide bonds. The van der Waals surface area contributed by atoms with E-state index in [9.17, 15) is 17.9 Å². The fourth-order valence-corrected chi connectivity index (χ4v) is 7.18. The maximum atomic E-state index is 13.6. The van der Waals surface area contributed by atoms with Crippen molar-refractivity contribution in [3.63, 3.8) is 0 Å². The topological polar surface area (TPSA) is 147 Å². The van der Waals surface area contributed by atoms with Crippen molar-refractivity contribution >= 4 is 44.1 Å². The van der Waals surface area contributed by atoms with Gasteiger partial charge in [0, 0.05) is 54.8 Å². The molecule has 238 valence electrons. The summed E-state index contributed by atoms with van der Waals surface area (Å²) in [4.78, 5) is 8.96. The summed E-state index contributed by atoms with van der Waals surface area (Å²) in [6.07, 6.45) is 7.52. The molecule has 2 aromatic heterocycles. The highest BCUT2D eigenvalue weighted by Crippen LogP contribution is 2.30. The molecule has 46 heavy (non-hydrogen) atoms. The predicted molar refractivity (Wildman–Crippen MR) is 179 cm³/mol. The Morgan fingerprint density at radius 1 is 1.04 bits per heavy atom. The summed E-state index contributed by atoms with van der Waals surface area (Å²) in [7, 11) is -2.91. The fraction of sp³-hybridized carbons (Fsp3) is 0.265. The average Bonchev–Trinajstić information content (AvgIpc) is 3.52. The number of nitrogens with two attached hydrogens (primary N) is 1. The average molecular weight is 643 g/mol. The smallest absolute Gasteiger partial charge is 0.169 e. The van der Waals surface area contributed by atoms with E-state index in [0.29, 0.717) is 38.3 Å². The number of nitrogens with zero attached hydrogens (tertiary/aromatic N) is 3. The van der Waals surface area contributed by atoms with E-state index in [1.807, 2.05) is 65.5 Å². The van der Waals surface area contributed by atoms with Gasteiger partial charge in [-0.15, -0.1) is 0 Å². The zero-order valence-corrected chi connectivity index (χ0v) is 26.1. The molecule has 0 bridgehead atoms. The number of rotatable bonds is 12. The normalized spacial score (nSPS) is 15.4. The van der Waals surface area contributed by atoms with Gasteiger partial charge < -0.3 is 25.6 Å². The highest BCUT2D eigenvalue weighted by Gasteiger charge is 2.23. The number of hydrogen-bond acceptors (Lipinski definition) is 8. The minimum Gasteiger partial charge on any atom is -0.390 e. The van der Waals surface area contributed by atoms with Crippen molar-refractivity contribution < 1.29 is 23.3 Å². The van der Waals surface area contributed by atoms with Crippen LogP contribution in [0.5, 0.6) is 0 Å². The molecular formula is C34H37FN7O3S+. The molecular weight excluding hydrogens is 605 g/mol. The lowest BCUT2D eigenvalue weighted by Crippen LogP contribution is -2.41. The Kier molecular flexibility index (Phi) is 9.38. The molecule has 10 nitrogen and oxygen atoms in total. The third kappa shape index (κ3) is 7.76. The second-order valence-electron chi connectivity index (χ2n) is 11.6. The molecule has 6 rings (SSSR count). The Morgan fingerprint density at radius 3 is 2.70 bits per heavy atom. The standard InChI is InChI=1S/C34H36FN7O3S/c35-27-3-1-2-23(14-27)18-38-32-7-5-29(15-26(32)17-36)41-34-31-16-24(4-6-33(31)39-22-40-34)25-8-11-42(20-25)21-30(43)19-37-28-9-12-46(44,45)13-10-28/h1-8,11,14-17,20,22,28,30,36-38,43H,9-10,12-13,18-19,21H2,(H,39,40,41)/p+1. The molecule has 0 aliphatic carbocycles. The van der Waals surface area contributed by atoms with Crippen molar-refractivity contribution in [2.75, 3.05) is 28.7 Å². The van der Waals surface area contributed by atoms with E-state index in [0.717, 1.165) is 44.5 Å². The minimum atomic E-state index is -2.91. The molecule has 6 N–H and O–H groups in total. The maximum absolute atomic E-state index is 13.6. The van der Waals surface area contributed by atoms with Crippen LogP contribution in [0.1, 0.15) is 24.0 Å². The summed E-state index contributed by atoms with van der Waals surface area (Å²) in [5.74, 6) is 0.771. The highest BCUT2D eigenvalue weighted by atomic mass is 32.2.